The van der Waals surface area contributed by atoms with E-state index in [9.17, 15) is 0 Å². The van der Waals surface area contributed by atoms with Gasteiger partial charge in [0, 0.05) is 11.0 Å². The van der Waals surface area contributed by atoms with E-state index in [2.05, 4.69) is 39.0 Å². The van der Waals surface area contributed by atoms with Gasteiger partial charge in [-0.2, -0.15) is 0 Å². The second kappa shape index (κ2) is 5.00. The molecule has 0 heterocycles. The van der Waals surface area contributed by atoms with E-state index in [1.54, 1.807) is 0 Å². The van der Waals surface area contributed by atoms with Gasteiger partial charge in [0.05, 0.1) is 0 Å². The number of ether oxygens (including phenoxy) is 1. The molecule has 4 saturated carbocycles. The maximum Gasteiger partial charge on any atom is 0.292 e. The van der Waals surface area contributed by atoms with Crippen LogP contribution in [0.1, 0.15) is 63.5 Å². The predicted octanol–water partition coefficient (Wildman–Crippen LogP) is 5.35. The summed E-state index contributed by atoms with van der Waals surface area (Å²) in [5.74, 6) is 3.30. The first-order valence-electron chi connectivity index (χ1n) is 9.13. The van der Waals surface area contributed by atoms with Crippen molar-refractivity contribution < 1.29 is 4.74 Å². The number of aryl methyl sites for hydroxylation is 1. The molecule has 122 valence electrons. The summed E-state index contributed by atoms with van der Waals surface area (Å²) in [5, 5.41) is 9.08. The fourth-order valence-corrected chi connectivity index (χ4v) is 6.53. The molecule has 1 aromatic carbocycles. The molecule has 4 bridgehead atoms. The first kappa shape index (κ1) is 15.1. The van der Waals surface area contributed by atoms with Crippen LogP contribution in [0.2, 0.25) is 0 Å². The van der Waals surface area contributed by atoms with Gasteiger partial charge in [0.2, 0.25) is 0 Å². The normalized spacial score (nSPS) is 37.9. The Morgan fingerprint density at radius 1 is 1.17 bits per heavy atom. The minimum absolute atomic E-state index is 0.244. The van der Waals surface area contributed by atoms with Crippen molar-refractivity contribution in [1.82, 2.24) is 0 Å². The van der Waals surface area contributed by atoms with Gasteiger partial charge in [0.15, 0.2) is 0 Å². The van der Waals surface area contributed by atoms with Crippen LogP contribution in [0.15, 0.2) is 18.2 Å². The van der Waals surface area contributed by atoms with Crippen molar-refractivity contribution >= 4 is 0 Å². The third kappa shape index (κ3) is 2.20. The van der Waals surface area contributed by atoms with Gasteiger partial charge in [0.25, 0.3) is 6.26 Å². The lowest BCUT2D eigenvalue weighted by Crippen LogP contribution is -2.55. The highest BCUT2D eigenvalue weighted by atomic mass is 16.5. The first-order chi connectivity index (χ1) is 11.0. The Morgan fingerprint density at radius 2 is 1.87 bits per heavy atom. The van der Waals surface area contributed by atoms with Crippen molar-refractivity contribution in [3.05, 3.63) is 29.3 Å². The van der Waals surface area contributed by atoms with Crippen LogP contribution >= 0.6 is 0 Å². The maximum absolute atomic E-state index is 9.08. The third-order valence-electron chi connectivity index (χ3n) is 7.20. The van der Waals surface area contributed by atoms with Crippen LogP contribution in [-0.4, -0.2) is 0 Å². The van der Waals surface area contributed by atoms with E-state index in [1.165, 1.54) is 49.7 Å². The van der Waals surface area contributed by atoms with Crippen LogP contribution in [0.5, 0.6) is 5.75 Å². The molecular weight excluding hydrogens is 282 g/mol. The van der Waals surface area contributed by atoms with Gasteiger partial charge >= 0.3 is 0 Å². The Hall–Kier alpha value is -1.49. The largest absolute Gasteiger partial charge is 0.388 e. The number of nitrogens with zero attached hydrogens (tertiary/aromatic N) is 1. The smallest absolute Gasteiger partial charge is 0.292 e. The summed E-state index contributed by atoms with van der Waals surface area (Å²) >= 11 is 0. The average Bonchev–Trinajstić information content (AvgIpc) is 2.46. The first-order valence-corrected chi connectivity index (χ1v) is 9.13. The second-order valence-electron chi connectivity index (χ2n) is 8.95. The molecule has 2 heteroatoms. The van der Waals surface area contributed by atoms with Crippen molar-refractivity contribution in [2.24, 2.45) is 23.2 Å². The van der Waals surface area contributed by atoms with Gasteiger partial charge in [-0.15, -0.1) is 5.26 Å². The average molecular weight is 309 g/mol. The predicted molar refractivity (Wildman–Crippen MR) is 91.1 cm³/mol. The van der Waals surface area contributed by atoms with Crippen molar-refractivity contribution in [3.8, 4) is 12.0 Å². The standard InChI is InChI=1S/C21H27NO/c1-14(2)20-8-16-7-17(9-20)11-21(10-16,12-20)18-5-4-15(3)6-19(18)23-13-22/h4-6,14,16-17H,7-12H2,1-3H3. The molecule has 4 aliphatic rings. The fraction of sp³-hybridized carbons (Fsp3) is 0.667. The van der Waals surface area contributed by atoms with Crippen LogP contribution in [0.4, 0.5) is 0 Å². The fourth-order valence-electron chi connectivity index (χ4n) is 6.53. The molecule has 0 N–H and O–H groups in total. The molecular formula is C21H27NO. The van der Waals surface area contributed by atoms with Gasteiger partial charge in [0.1, 0.15) is 5.75 Å². The molecule has 2 unspecified atom stereocenters. The molecule has 0 saturated heterocycles. The van der Waals surface area contributed by atoms with Crippen molar-refractivity contribution in [3.63, 3.8) is 0 Å². The van der Waals surface area contributed by atoms with E-state index in [-0.39, 0.29) is 5.41 Å². The van der Waals surface area contributed by atoms with E-state index >= 15 is 0 Å². The maximum atomic E-state index is 9.08. The number of nitriles is 1. The zero-order valence-corrected chi connectivity index (χ0v) is 14.6. The van der Waals surface area contributed by atoms with Gasteiger partial charge < -0.3 is 4.74 Å². The Kier molecular flexibility index (Phi) is 3.28. The molecule has 0 radical (unpaired) electrons. The van der Waals surface area contributed by atoms with E-state index in [0.717, 1.165) is 23.5 Å². The molecule has 0 aromatic heterocycles. The van der Waals surface area contributed by atoms with Crippen LogP contribution in [0.3, 0.4) is 0 Å². The summed E-state index contributed by atoms with van der Waals surface area (Å²) < 4.78 is 5.41. The zero-order valence-electron chi connectivity index (χ0n) is 14.6. The molecule has 23 heavy (non-hydrogen) atoms. The van der Waals surface area contributed by atoms with Gasteiger partial charge in [-0.1, -0.05) is 26.0 Å². The molecule has 0 aliphatic heterocycles. The van der Waals surface area contributed by atoms with E-state index < -0.39 is 0 Å². The second-order valence-corrected chi connectivity index (χ2v) is 8.95. The van der Waals surface area contributed by atoms with E-state index in [4.69, 9.17) is 10.00 Å². The lowest BCUT2D eigenvalue weighted by molar-refractivity contribution is -0.0965. The van der Waals surface area contributed by atoms with Crippen LogP contribution in [0, 0.1) is 41.6 Å². The van der Waals surface area contributed by atoms with Crippen molar-refractivity contribution in [2.75, 3.05) is 0 Å². The van der Waals surface area contributed by atoms with Crippen molar-refractivity contribution in [1.29, 1.82) is 5.26 Å². The molecule has 0 amide bonds. The number of hydrogen-bond donors (Lipinski definition) is 0. The minimum Gasteiger partial charge on any atom is -0.388 e. The van der Waals surface area contributed by atoms with Gasteiger partial charge in [-0.25, -0.2) is 0 Å². The highest BCUT2D eigenvalue weighted by Gasteiger charge is 2.59. The Morgan fingerprint density at radius 3 is 2.48 bits per heavy atom. The lowest BCUT2D eigenvalue weighted by atomic mass is 9.41. The number of hydrogen-bond acceptors (Lipinski definition) is 2. The quantitative estimate of drug-likeness (QED) is 0.705. The lowest BCUT2D eigenvalue weighted by Gasteiger charge is -2.64. The molecule has 5 rings (SSSR count). The summed E-state index contributed by atoms with van der Waals surface area (Å²) in [6.07, 6.45) is 10.1. The summed E-state index contributed by atoms with van der Waals surface area (Å²) in [6, 6.07) is 6.50. The molecule has 1 aromatic rings. The summed E-state index contributed by atoms with van der Waals surface area (Å²) in [5.41, 5.74) is 3.23. The Bertz CT molecular complexity index is 655. The van der Waals surface area contributed by atoms with E-state index in [1.807, 2.05) is 6.26 Å². The summed E-state index contributed by atoms with van der Waals surface area (Å²) in [6.45, 7) is 6.91. The molecule has 4 aliphatic carbocycles. The van der Waals surface area contributed by atoms with E-state index in [0.29, 0.717) is 5.41 Å². The summed E-state index contributed by atoms with van der Waals surface area (Å²) in [4.78, 5) is 0. The SMILES string of the molecule is Cc1ccc(C23CC4CC(C2)CC(C(C)C)(C4)C3)c(OC#N)c1. The summed E-state index contributed by atoms with van der Waals surface area (Å²) in [7, 11) is 0. The highest BCUT2D eigenvalue weighted by molar-refractivity contribution is 5.45. The van der Waals surface area contributed by atoms with Crippen LogP contribution < -0.4 is 4.74 Å². The minimum atomic E-state index is 0.244. The Balaban J connectivity index is 1.81. The highest BCUT2D eigenvalue weighted by Crippen LogP contribution is 2.68. The zero-order chi connectivity index (χ0) is 16.2. The molecule has 2 atom stereocenters. The molecule has 2 nitrogen and oxygen atoms in total. The topological polar surface area (TPSA) is 33.0 Å². The monoisotopic (exact) mass is 309 g/mol. The van der Waals surface area contributed by atoms with Crippen molar-refractivity contribution in [2.45, 2.75) is 64.7 Å². The van der Waals surface area contributed by atoms with Gasteiger partial charge in [-0.05, 0) is 80.2 Å². The van der Waals surface area contributed by atoms with Crippen LogP contribution in [-0.2, 0) is 5.41 Å². The Labute approximate surface area is 139 Å². The molecule has 0 spiro atoms. The number of benzene rings is 1. The number of rotatable bonds is 3. The van der Waals surface area contributed by atoms with Crippen LogP contribution in [0.25, 0.3) is 0 Å². The molecule has 4 fully saturated rings. The third-order valence-corrected chi connectivity index (χ3v) is 7.20. The van der Waals surface area contributed by atoms with Gasteiger partial charge in [-0.3, -0.25) is 0 Å².